The van der Waals surface area contributed by atoms with E-state index in [2.05, 4.69) is 160 Å². The molecule has 0 aliphatic carbocycles. The van der Waals surface area contributed by atoms with Crippen LogP contribution < -0.4 is 5.32 Å². The van der Waals surface area contributed by atoms with E-state index in [1.54, 1.807) is 0 Å². The lowest BCUT2D eigenvalue weighted by atomic mass is 10.0. The molecule has 1 aliphatic rings. The van der Waals surface area contributed by atoms with Crippen LogP contribution in [-0.2, 0) is 0 Å². The fourth-order valence-corrected chi connectivity index (χ4v) is 7.37. The third-order valence-corrected chi connectivity index (χ3v) is 9.54. The van der Waals surface area contributed by atoms with Crippen LogP contribution in [-0.4, -0.2) is 25.6 Å². The highest BCUT2D eigenvalue weighted by Crippen LogP contribution is 2.40. The maximum atomic E-state index is 5.23. The first-order valence-electron chi connectivity index (χ1n) is 16.3. The van der Waals surface area contributed by atoms with Crippen LogP contribution in [0.25, 0.3) is 83.7 Å². The van der Waals surface area contributed by atoms with Crippen LogP contribution in [0.3, 0.4) is 0 Å². The molecule has 0 radical (unpaired) electrons. The van der Waals surface area contributed by atoms with Gasteiger partial charge >= 0.3 is 0 Å². The van der Waals surface area contributed by atoms with E-state index in [1.807, 2.05) is 12.1 Å². The summed E-state index contributed by atoms with van der Waals surface area (Å²) < 4.78 is 4.56. The van der Waals surface area contributed by atoms with Crippen LogP contribution in [0.15, 0.2) is 152 Å². The molecule has 0 saturated heterocycles. The van der Waals surface area contributed by atoms with Crippen molar-refractivity contribution in [3.63, 3.8) is 0 Å². The topological polar surface area (TPSA) is 47.7 Å². The largest absolute Gasteiger partial charge is 0.379 e. The predicted octanol–water partition coefficient (Wildman–Crippen LogP) is 10.4. The van der Waals surface area contributed by atoms with Crippen molar-refractivity contribution >= 4 is 55.4 Å². The van der Waals surface area contributed by atoms with Gasteiger partial charge in [-0.15, -0.1) is 0 Å². The lowest BCUT2D eigenvalue weighted by molar-refractivity contribution is 0.971. The van der Waals surface area contributed by atoms with Gasteiger partial charge in [-0.25, -0.2) is 9.97 Å². The normalized spacial score (nSPS) is 12.6. The average Bonchev–Trinajstić information content (AvgIpc) is 3.67. The van der Waals surface area contributed by atoms with Crippen molar-refractivity contribution in [3.8, 4) is 34.0 Å². The maximum absolute atomic E-state index is 5.23. The Morgan fingerprint density at radius 3 is 1.96 bits per heavy atom. The molecule has 0 atom stereocenters. The minimum absolute atomic E-state index is 0.662. The quantitative estimate of drug-likeness (QED) is 0.214. The number of rotatable bonds is 4. The molecule has 6 aromatic carbocycles. The van der Waals surface area contributed by atoms with Crippen molar-refractivity contribution in [2.75, 3.05) is 11.9 Å². The van der Waals surface area contributed by atoms with Crippen molar-refractivity contribution < 1.29 is 0 Å². The molecule has 5 heteroatoms. The van der Waals surface area contributed by atoms with Gasteiger partial charge in [0.1, 0.15) is 0 Å². The highest BCUT2D eigenvalue weighted by atomic mass is 15.2. The zero-order chi connectivity index (χ0) is 31.6. The van der Waals surface area contributed by atoms with Crippen LogP contribution >= 0.6 is 0 Å². The number of benzene rings is 6. The van der Waals surface area contributed by atoms with Gasteiger partial charge in [0.05, 0.1) is 39.1 Å². The SMILES string of the molecule is C1=Cc2c(c3cc(-c4ccc5c(c4)c4ccccc4n5-c4ccccc4)ccc3n2-c2nc(-c3ccccc3)c3ccccc3n2)NC1. The Morgan fingerprint density at radius 1 is 0.500 bits per heavy atom. The van der Waals surface area contributed by atoms with Crippen LogP contribution in [0.1, 0.15) is 5.69 Å². The van der Waals surface area contributed by atoms with Crippen molar-refractivity contribution in [1.29, 1.82) is 0 Å². The second kappa shape index (κ2) is 10.5. The molecule has 1 aliphatic heterocycles. The average molecular weight is 616 g/mol. The fraction of sp³-hybridized carbons (Fsp3) is 0.0233. The number of aromatic nitrogens is 4. The summed E-state index contributed by atoms with van der Waals surface area (Å²) in [4.78, 5) is 10.4. The minimum Gasteiger partial charge on any atom is -0.379 e. The molecule has 0 fully saturated rings. The third-order valence-electron chi connectivity index (χ3n) is 9.54. The molecule has 0 amide bonds. The molecule has 0 bridgehead atoms. The number of anilines is 1. The molecule has 4 heterocycles. The summed E-state index contributed by atoms with van der Waals surface area (Å²) in [5.41, 5.74) is 12.1. The Balaban J connectivity index is 1.17. The van der Waals surface area contributed by atoms with E-state index in [1.165, 1.54) is 32.9 Å². The van der Waals surface area contributed by atoms with Gasteiger partial charge in [-0.1, -0.05) is 103 Å². The highest BCUT2D eigenvalue weighted by molar-refractivity contribution is 6.11. The second-order valence-electron chi connectivity index (χ2n) is 12.3. The van der Waals surface area contributed by atoms with Crippen molar-refractivity contribution in [2.24, 2.45) is 0 Å². The number of hydrogen-bond acceptors (Lipinski definition) is 3. The minimum atomic E-state index is 0.662. The lowest BCUT2D eigenvalue weighted by Crippen LogP contribution is -2.08. The highest BCUT2D eigenvalue weighted by Gasteiger charge is 2.22. The molecular weight excluding hydrogens is 587 g/mol. The Morgan fingerprint density at radius 2 is 1.15 bits per heavy atom. The van der Waals surface area contributed by atoms with Crippen LogP contribution in [0.5, 0.6) is 0 Å². The summed E-state index contributed by atoms with van der Waals surface area (Å²) in [5.74, 6) is 0.662. The first kappa shape index (κ1) is 26.7. The van der Waals surface area contributed by atoms with Crippen LogP contribution in [0, 0.1) is 0 Å². The Bertz CT molecular complexity index is 2720. The maximum Gasteiger partial charge on any atom is 0.235 e. The first-order valence-corrected chi connectivity index (χ1v) is 16.3. The van der Waals surface area contributed by atoms with Gasteiger partial charge in [0.2, 0.25) is 5.95 Å². The number of nitrogens with zero attached hydrogens (tertiary/aromatic N) is 4. The Kier molecular flexibility index (Phi) is 5.87. The van der Waals surface area contributed by atoms with Gasteiger partial charge in [-0.2, -0.15) is 0 Å². The van der Waals surface area contributed by atoms with Gasteiger partial charge < -0.3 is 9.88 Å². The first-order chi connectivity index (χ1) is 23.8. The molecule has 0 unspecified atom stereocenters. The van der Waals surface area contributed by atoms with E-state index in [-0.39, 0.29) is 0 Å². The monoisotopic (exact) mass is 615 g/mol. The van der Waals surface area contributed by atoms with E-state index in [0.29, 0.717) is 5.95 Å². The molecule has 10 rings (SSSR count). The zero-order valence-corrected chi connectivity index (χ0v) is 26.0. The summed E-state index contributed by atoms with van der Waals surface area (Å²) in [7, 11) is 0. The molecule has 0 saturated carbocycles. The summed E-state index contributed by atoms with van der Waals surface area (Å²) in [5, 5.41) is 8.34. The predicted molar refractivity (Wildman–Crippen MR) is 199 cm³/mol. The molecule has 0 spiro atoms. The summed E-state index contributed by atoms with van der Waals surface area (Å²) in [6.07, 6.45) is 4.35. The van der Waals surface area contributed by atoms with Gasteiger partial charge in [-0.3, -0.25) is 4.57 Å². The van der Waals surface area contributed by atoms with E-state index in [0.717, 1.165) is 56.7 Å². The van der Waals surface area contributed by atoms with E-state index in [9.17, 15) is 0 Å². The van der Waals surface area contributed by atoms with Gasteiger partial charge in [0, 0.05) is 39.3 Å². The van der Waals surface area contributed by atoms with Crippen LogP contribution in [0.2, 0.25) is 0 Å². The van der Waals surface area contributed by atoms with Crippen LogP contribution in [0.4, 0.5) is 5.69 Å². The van der Waals surface area contributed by atoms with Gasteiger partial charge in [0.25, 0.3) is 0 Å². The zero-order valence-electron chi connectivity index (χ0n) is 26.0. The third kappa shape index (κ3) is 4.04. The Labute approximate surface area is 277 Å². The van der Waals surface area contributed by atoms with Crippen molar-refractivity contribution in [2.45, 2.75) is 0 Å². The van der Waals surface area contributed by atoms with Crippen molar-refractivity contribution in [1.82, 2.24) is 19.1 Å². The second-order valence-corrected chi connectivity index (χ2v) is 12.3. The van der Waals surface area contributed by atoms with Gasteiger partial charge in [0.15, 0.2) is 0 Å². The number of nitrogens with one attached hydrogen (secondary N) is 1. The number of hydrogen-bond donors (Lipinski definition) is 1. The molecule has 226 valence electrons. The van der Waals surface area contributed by atoms with Gasteiger partial charge in [-0.05, 0) is 65.7 Å². The number of fused-ring (bicyclic) bond motifs is 7. The van der Waals surface area contributed by atoms with E-state index in [4.69, 9.17) is 9.97 Å². The molecule has 5 nitrogen and oxygen atoms in total. The lowest BCUT2D eigenvalue weighted by Gasteiger charge is -2.14. The molecule has 9 aromatic rings. The molecular formula is C43H29N5. The summed E-state index contributed by atoms with van der Waals surface area (Å²) in [6.45, 7) is 0.773. The summed E-state index contributed by atoms with van der Waals surface area (Å²) >= 11 is 0. The van der Waals surface area contributed by atoms with E-state index >= 15 is 0 Å². The molecule has 48 heavy (non-hydrogen) atoms. The van der Waals surface area contributed by atoms with Crippen molar-refractivity contribution in [3.05, 3.63) is 157 Å². The fourth-order valence-electron chi connectivity index (χ4n) is 7.37. The summed E-state index contributed by atoms with van der Waals surface area (Å²) in [6, 6.07) is 51.5. The van der Waals surface area contributed by atoms with E-state index < -0.39 is 0 Å². The molecule has 3 aromatic heterocycles. The Hall–Kier alpha value is -6.46. The smallest absolute Gasteiger partial charge is 0.235 e. The standard InChI is InChI=1S/C43H29N5/c1-3-12-28(13-4-1)41-33-17-7-9-18-36(33)45-43(46-41)48-39-24-22-30(27-35(39)42-40(48)20-11-25-44-42)29-21-23-38-34(26-29)32-16-8-10-19-37(32)47(38)31-14-5-2-6-15-31/h1-24,26-27,44H,25H2. The number of para-hydroxylation sites is 3. The molecule has 1 N–H and O–H groups in total.